The maximum atomic E-state index is 10.7. The number of ketones is 1. The van der Waals surface area contributed by atoms with Crippen molar-refractivity contribution in [3.05, 3.63) is 17.8 Å². The molecule has 0 aliphatic heterocycles. The monoisotopic (exact) mass is 155 g/mol. The smallest absolute Gasteiger partial charge is 0.196 e. The Labute approximate surface area is 63.9 Å². The normalized spacial score (nSPS) is 10.0. The van der Waals surface area contributed by atoms with Crippen LogP contribution in [-0.4, -0.2) is 22.5 Å². The topological polar surface area (TPSA) is 63.3 Å². The van der Waals surface area contributed by atoms with Gasteiger partial charge in [0, 0.05) is 13.3 Å². The third kappa shape index (κ3) is 1.88. The van der Waals surface area contributed by atoms with Gasteiger partial charge in [0.15, 0.2) is 11.7 Å². The third-order valence-electron chi connectivity index (χ3n) is 1.24. The lowest BCUT2D eigenvalue weighted by Gasteiger charge is -1.85. The molecular formula is C7H9NO3. The number of carbonyl (C=O) groups excluding carboxylic acids is 1. The lowest BCUT2D eigenvalue weighted by molar-refractivity contribution is 0.101. The summed E-state index contributed by atoms with van der Waals surface area (Å²) >= 11 is 0. The lowest BCUT2D eigenvalue weighted by Crippen LogP contribution is -1.94. The molecule has 0 fully saturated rings. The molecule has 0 radical (unpaired) electrons. The van der Waals surface area contributed by atoms with Crippen LogP contribution in [0.2, 0.25) is 0 Å². The summed E-state index contributed by atoms with van der Waals surface area (Å²) in [6, 6.07) is 0. The van der Waals surface area contributed by atoms with Crippen molar-refractivity contribution in [2.45, 2.75) is 13.3 Å². The summed E-state index contributed by atoms with van der Waals surface area (Å²) in [6.45, 7) is 1.40. The number of carbonyl (C=O) groups is 1. The van der Waals surface area contributed by atoms with Crippen molar-refractivity contribution in [1.29, 1.82) is 0 Å². The molecule has 0 spiro atoms. The molecule has 0 aliphatic carbocycles. The summed E-state index contributed by atoms with van der Waals surface area (Å²) in [7, 11) is 0. The molecule has 0 aromatic carbocycles. The fourth-order valence-corrected chi connectivity index (χ4v) is 0.683. The molecule has 4 nitrogen and oxygen atoms in total. The Kier molecular flexibility index (Phi) is 2.38. The van der Waals surface area contributed by atoms with E-state index in [0.29, 0.717) is 18.0 Å². The predicted octanol–water partition coefficient (Wildman–Crippen LogP) is 0.412. The van der Waals surface area contributed by atoms with E-state index in [1.54, 1.807) is 0 Å². The zero-order valence-corrected chi connectivity index (χ0v) is 6.20. The van der Waals surface area contributed by atoms with E-state index >= 15 is 0 Å². The number of aromatic nitrogens is 1. The Morgan fingerprint density at radius 1 is 1.82 bits per heavy atom. The second-order valence-corrected chi connectivity index (χ2v) is 2.16. The van der Waals surface area contributed by atoms with Crippen LogP contribution in [-0.2, 0) is 6.42 Å². The minimum absolute atomic E-state index is 0.0160. The summed E-state index contributed by atoms with van der Waals surface area (Å²) < 4.78 is 4.87. The summed E-state index contributed by atoms with van der Waals surface area (Å²) in [4.78, 5) is 14.5. The van der Waals surface area contributed by atoms with E-state index in [0.717, 1.165) is 0 Å². The number of rotatable bonds is 3. The first-order valence-electron chi connectivity index (χ1n) is 3.30. The van der Waals surface area contributed by atoms with Gasteiger partial charge in [-0.15, -0.1) is 0 Å². The maximum Gasteiger partial charge on any atom is 0.196 e. The van der Waals surface area contributed by atoms with E-state index in [1.165, 1.54) is 13.2 Å². The molecule has 0 saturated carbocycles. The van der Waals surface area contributed by atoms with Crippen LogP contribution in [0.4, 0.5) is 0 Å². The fourth-order valence-electron chi connectivity index (χ4n) is 0.683. The molecule has 1 rings (SSSR count). The standard InChI is InChI=1S/C7H9NO3/c1-5(10)6-4-11-7(8-6)2-3-9/h4,9H,2-3H2,1H3. The zero-order chi connectivity index (χ0) is 8.27. The van der Waals surface area contributed by atoms with E-state index in [4.69, 9.17) is 9.52 Å². The highest BCUT2D eigenvalue weighted by molar-refractivity contribution is 5.91. The highest BCUT2D eigenvalue weighted by Gasteiger charge is 2.06. The van der Waals surface area contributed by atoms with E-state index < -0.39 is 0 Å². The summed E-state index contributed by atoms with van der Waals surface area (Å²) in [5.41, 5.74) is 0.313. The third-order valence-corrected chi connectivity index (χ3v) is 1.24. The summed E-state index contributed by atoms with van der Waals surface area (Å²) in [6.07, 6.45) is 1.65. The van der Waals surface area contributed by atoms with Crippen molar-refractivity contribution in [3.63, 3.8) is 0 Å². The first kappa shape index (κ1) is 7.94. The number of hydrogen-bond donors (Lipinski definition) is 1. The first-order valence-corrected chi connectivity index (χ1v) is 3.30. The molecule has 0 saturated heterocycles. The Bertz CT molecular complexity index is 254. The van der Waals surface area contributed by atoms with Crippen LogP contribution in [0.25, 0.3) is 0 Å². The molecule has 11 heavy (non-hydrogen) atoms. The van der Waals surface area contributed by atoms with Crippen molar-refractivity contribution in [3.8, 4) is 0 Å². The lowest BCUT2D eigenvalue weighted by atomic mass is 10.3. The minimum atomic E-state index is -0.127. The predicted molar refractivity (Wildman–Crippen MR) is 37.3 cm³/mol. The van der Waals surface area contributed by atoms with E-state index in [2.05, 4.69) is 4.98 Å². The van der Waals surface area contributed by atoms with Crippen LogP contribution < -0.4 is 0 Å². The average Bonchev–Trinajstić information content (AvgIpc) is 2.37. The highest BCUT2D eigenvalue weighted by Crippen LogP contribution is 2.02. The van der Waals surface area contributed by atoms with Gasteiger partial charge in [0.2, 0.25) is 0 Å². The average molecular weight is 155 g/mol. The number of Topliss-reactive ketones (excluding diaryl/α,β-unsaturated/α-hetero) is 1. The quantitative estimate of drug-likeness (QED) is 0.642. The van der Waals surface area contributed by atoms with Crippen molar-refractivity contribution in [2.24, 2.45) is 0 Å². The molecule has 0 amide bonds. The van der Waals surface area contributed by atoms with Crippen molar-refractivity contribution in [2.75, 3.05) is 6.61 Å². The van der Waals surface area contributed by atoms with Crippen molar-refractivity contribution < 1.29 is 14.3 Å². The van der Waals surface area contributed by atoms with Crippen molar-refractivity contribution in [1.82, 2.24) is 4.98 Å². The fraction of sp³-hybridized carbons (Fsp3) is 0.429. The second-order valence-electron chi connectivity index (χ2n) is 2.16. The second kappa shape index (κ2) is 3.30. The molecule has 0 aliphatic rings. The summed E-state index contributed by atoms with van der Waals surface area (Å²) in [5, 5.41) is 8.48. The molecule has 1 N–H and O–H groups in total. The number of nitrogens with zero attached hydrogens (tertiary/aromatic N) is 1. The van der Waals surface area contributed by atoms with Gasteiger partial charge < -0.3 is 9.52 Å². The maximum absolute atomic E-state index is 10.7. The molecule has 1 aromatic rings. The SMILES string of the molecule is CC(=O)c1coc(CCO)n1. The van der Waals surface area contributed by atoms with Crippen LogP contribution >= 0.6 is 0 Å². The van der Waals surface area contributed by atoms with Crippen LogP contribution in [0, 0.1) is 0 Å². The van der Waals surface area contributed by atoms with E-state index in [9.17, 15) is 4.79 Å². The van der Waals surface area contributed by atoms with E-state index in [1.807, 2.05) is 0 Å². The van der Waals surface area contributed by atoms with Gasteiger partial charge in [-0.05, 0) is 0 Å². The molecular weight excluding hydrogens is 146 g/mol. The van der Waals surface area contributed by atoms with Gasteiger partial charge >= 0.3 is 0 Å². The summed E-state index contributed by atoms with van der Waals surface area (Å²) in [5.74, 6) is 0.274. The first-order chi connectivity index (χ1) is 5.24. The van der Waals surface area contributed by atoms with Gasteiger partial charge in [-0.2, -0.15) is 0 Å². The zero-order valence-electron chi connectivity index (χ0n) is 6.20. The minimum Gasteiger partial charge on any atom is -0.448 e. The molecule has 60 valence electrons. The van der Waals surface area contributed by atoms with Crippen LogP contribution in [0.3, 0.4) is 0 Å². The Morgan fingerprint density at radius 2 is 2.55 bits per heavy atom. The highest BCUT2D eigenvalue weighted by atomic mass is 16.3. The van der Waals surface area contributed by atoms with Crippen molar-refractivity contribution >= 4 is 5.78 Å². The largest absolute Gasteiger partial charge is 0.448 e. The van der Waals surface area contributed by atoms with Gasteiger partial charge in [0.1, 0.15) is 12.0 Å². The molecule has 4 heteroatoms. The van der Waals surface area contributed by atoms with E-state index in [-0.39, 0.29) is 12.4 Å². The molecule has 1 aromatic heterocycles. The van der Waals surface area contributed by atoms with Gasteiger partial charge in [-0.1, -0.05) is 0 Å². The van der Waals surface area contributed by atoms with Gasteiger partial charge in [0.25, 0.3) is 0 Å². The Morgan fingerprint density at radius 3 is 3.00 bits per heavy atom. The Hall–Kier alpha value is -1.16. The van der Waals surface area contributed by atoms with Gasteiger partial charge in [0.05, 0.1) is 6.61 Å². The number of hydrogen-bond acceptors (Lipinski definition) is 4. The molecule has 1 heterocycles. The molecule has 0 bridgehead atoms. The van der Waals surface area contributed by atoms with Gasteiger partial charge in [-0.25, -0.2) is 4.98 Å². The number of aliphatic hydroxyl groups excluding tert-OH is 1. The Balaban J connectivity index is 2.73. The number of aliphatic hydroxyl groups is 1. The van der Waals surface area contributed by atoms with Crippen LogP contribution in [0.1, 0.15) is 23.3 Å². The molecule has 0 unspecified atom stereocenters. The molecule has 0 atom stereocenters. The van der Waals surface area contributed by atoms with Crippen LogP contribution in [0.15, 0.2) is 10.7 Å². The number of oxazole rings is 1. The van der Waals surface area contributed by atoms with Crippen LogP contribution in [0.5, 0.6) is 0 Å². The van der Waals surface area contributed by atoms with Gasteiger partial charge in [-0.3, -0.25) is 4.79 Å².